The van der Waals surface area contributed by atoms with E-state index in [2.05, 4.69) is 4.90 Å². The van der Waals surface area contributed by atoms with Gasteiger partial charge in [-0.15, -0.1) is 0 Å². The number of hydrogen-bond donors (Lipinski definition) is 1. The molecule has 114 valence electrons. The fraction of sp³-hybridized carbons (Fsp3) is 0.933. The molecule has 3 atom stereocenters. The zero-order chi connectivity index (χ0) is 14.2. The first-order chi connectivity index (χ1) is 9.59. The lowest BCUT2D eigenvalue weighted by atomic mass is 9.84. The molecule has 0 bridgehead atoms. The normalized spacial score (nSPS) is 42.4. The van der Waals surface area contributed by atoms with Crippen molar-refractivity contribution in [1.82, 2.24) is 4.90 Å². The standard InChI is InChI=1S/C15H25NO3S/c1-2-14(13(17)18)4-6-16(10-14)12-3-7-19-15(9-12)5-8-20-11-15/h12H,2-11H2,1H3,(H,17,18). The van der Waals surface area contributed by atoms with Gasteiger partial charge in [0.2, 0.25) is 0 Å². The summed E-state index contributed by atoms with van der Waals surface area (Å²) in [5.41, 5.74) is -0.413. The molecular formula is C15H25NO3S. The Balaban J connectivity index is 1.67. The zero-order valence-electron chi connectivity index (χ0n) is 12.3. The van der Waals surface area contributed by atoms with Crippen LogP contribution in [0.5, 0.6) is 0 Å². The van der Waals surface area contributed by atoms with Gasteiger partial charge >= 0.3 is 5.97 Å². The van der Waals surface area contributed by atoms with Crippen molar-refractivity contribution in [2.45, 2.75) is 50.7 Å². The summed E-state index contributed by atoms with van der Waals surface area (Å²) in [7, 11) is 0. The monoisotopic (exact) mass is 299 g/mol. The predicted molar refractivity (Wildman–Crippen MR) is 80.2 cm³/mol. The molecule has 5 heteroatoms. The number of nitrogens with zero attached hydrogens (tertiary/aromatic N) is 1. The fourth-order valence-electron chi connectivity index (χ4n) is 4.01. The topological polar surface area (TPSA) is 49.8 Å². The largest absolute Gasteiger partial charge is 0.481 e. The Bertz CT molecular complexity index is 383. The maximum Gasteiger partial charge on any atom is 0.310 e. The van der Waals surface area contributed by atoms with E-state index in [1.54, 1.807) is 0 Å². The molecule has 0 aliphatic carbocycles. The maximum atomic E-state index is 11.6. The van der Waals surface area contributed by atoms with Gasteiger partial charge in [-0.05, 0) is 44.4 Å². The number of aliphatic carboxylic acids is 1. The van der Waals surface area contributed by atoms with Crippen molar-refractivity contribution in [2.75, 3.05) is 31.2 Å². The van der Waals surface area contributed by atoms with Crippen LogP contribution in [0.1, 0.15) is 39.0 Å². The van der Waals surface area contributed by atoms with Crippen LogP contribution in [-0.4, -0.2) is 58.8 Å². The van der Waals surface area contributed by atoms with Crippen LogP contribution in [0.4, 0.5) is 0 Å². The molecular weight excluding hydrogens is 274 g/mol. The second-order valence-corrected chi connectivity index (χ2v) is 7.75. The summed E-state index contributed by atoms with van der Waals surface area (Å²) in [6.07, 6.45) is 4.87. The van der Waals surface area contributed by atoms with Crippen LogP contribution in [0.2, 0.25) is 0 Å². The highest BCUT2D eigenvalue weighted by atomic mass is 32.2. The van der Waals surface area contributed by atoms with Crippen molar-refractivity contribution in [3.8, 4) is 0 Å². The van der Waals surface area contributed by atoms with E-state index in [9.17, 15) is 9.90 Å². The minimum Gasteiger partial charge on any atom is -0.481 e. The highest BCUT2D eigenvalue weighted by molar-refractivity contribution is 7.99. The fourth-order valence-corrected chi connectivity index (χ4v) is 5.39. The van der Waals surface area contributed by atoms with E-state index in [-0.39, 0.29) is 5.60 Å². The lowest BCUT2D eigenvalue weighted by Crippen LogP contribution is -2.49. The number of carboxylic acid groups (broad SMARTS) is 1. The third-order valence-corrected chi connectivity index (χ3v) is 6.79. The smallest absolute Gasteiger partial charge is 0.310 e. The summed E-state index contributed by atoms with van der Waals surface area (Å²) >= 11 is 2.00. The lowest BCUT2D eigenvalue weighted by Gasteiger charge is -2.41. The quantitative estimate of drug-likeness (QED) is 0.866. The second-order valence-electron chi connectivity index (χ2n) is 6.64. The summed E-state index contributed by atoms with van der Waals surface area (Å²) in [6.45, 7) is 4.52. The van der Waals surface area contributed by atoms with Crippen LogP contribution in [0.3, 0.4) is 0 Å². The Morgan fingerprint density at radius 2 is 2.35 bits per heavy atom. The SMILES string of the molecule is CCC1(C(=O)O)CCN(C2CCOC3(CCSC3)C2)C1. The maximum absolute atomic E-state index is 11.6. The van der Waals surface area contributed by atoms with Gasteiger partial charge in [0.15, 0.2) is 0 Å². The molecule has 0 amide bonds. The second kappa shape index (κ2) is 5.50. The molecule has 0 aromatic heterocycles. The molecule has 1 N–H and O–H groups in total. The van der Waals surface area contributed by atoms with Crippen LogP contribution < -0.4 is 0 Å². The third-order valence-electron chi connectivity index (χ3n) is 5.56. The van der Waals surface area contributed by atoms with Crippen molar-refractivity contribution in [3.05, 3.63) is 0 Å². The highest BCUT2D eigenvalue weighted by Crippen LogP contribution is 2.42. The van der Waals surface area contributed by atoms with Crippen molar-refractivity contribution in [3.63, 3.8) is 0 Å². The van der Waals surface area contributed by atoms with Crippen LogP contribution in [0, 0.1) is 5.41 Å². The number of carbonyl (C=O) groups is 1. The number of likely N-dealkylation sites (tertiary alicyclic amines) is 1. The van der Waals surface area contributed by atoms with Gasteiger partial charge in [-0.1, -0.05) is 6.92 Å². The number of rotatable bonds is 3. The molecule has 4 nitrogen and oxygen atoms in total. The number of ether oxygens (including phenoxy) is 1. The first kappa shape index (κ1) is 14.7. The van der Waals surface area contributed by atoms with Crippen molar-refractivity contribution in [2.24, 2.45) is 5.41 Å². The van der Waals surface area contributed by atoms with E-state index in [0.717, 1.165) is 51.1 Å². The van der Waals surface area contributed by atoms with E-state index in [1.165, 1.54) is 12.2 Å². The van der Waals surface area contributed by atoms with E-state index < -0.39 is 11.4 Å². The van der Waals surface area contributed by atoms with Gasteiger partial charge in [0, 0.05) is 24.9 Å². The Hall–Kier alpha value is -0.260. The molecule has 3 rings (SSSR count). The predicted octanol–water partition coefficient (Wildman–Crippen LogP) is 2.23. The first-order valence-electron chi connectivity index (χ1n) is 7.78. The molecule has 0 aromatic rings. The minimum absolute atomic E-state index is 0.0915. The van der Waals surface area contributed by atoms with Gasteiger partial charge in [-0.3, -0.25) is 9.69 Å². The van der Waals surface area contributed by atoms with Crippen molar-refractivity contribution in [1.29, 1.82) is 0 Å². The molecule has 3 heterocycles. The summed E-state index contributed by atoms with van der Waals surface area (Å²) in [5, 5.41) is 9.53. The lowest BCUT2D eigenvalue weighted by molar-refractivity contribution is -0.148. The van der Waals surface area contributed by atoms with Crippen LogP contribution in [-0.2, 0) is 9.53 Å². The zero-order valence-corrected chi connectivity index (χ0v) is 13.1. The van der Waals surface area contributed by atoms with Crippen LogP contribution in [0.25, 0.3) is 0 Å². The Morgan fingerprint density at radius 1 is 1.50 bits per heavy atom. The van der Waals surface area contributed by atoms with Gasteiger partial charge in [-0.2, -0.15) is 11.8 Å². The molecule has 3 unspecified atom stereocenters. The number of carboxylic acids is 1. The van der Waals surface area contributed by atoms with Gasteiger partial charge < -0.3 is 9.84 Å². The van der Waals surface area contributed by atoms with Gasteiger partial charge in [0.25, 0.3) is 0 Å². The summed E-state index contributed by atoms with van der Waals surface area (Å²) in [4.78, 5) is 14.0. The number of hydrogen-bond acceptors (Lipinski definition) is 4. The van der Waals surface area contributed by atoms with Gasteiger partial charge in [0.05, 0.1) is 11.0 Å². The Kier molecular flexibility index (Phi) is 4.04. The summed E-state index contributed by atoms with van der Waals surface area (Å²) in [6, 6.07) is 0.523. The highest BCUT2D eigenvalue weighted by Gasteiger charge is 2.48. The average Bonchev–Trinajstić information content (AvgIpc) is 3.07. The number of thioether (sulfide) groups is 1. The minimum atomic E-state index is -0.610. The molecule has 3 aliphatic rings. The molecule has 3 fully saturated rings. The Morgan fingerprint density at radius 3 is 2.95 bits per heavy atom. The van der Waals surface area contributed by atoms with Crippen molar-refractivity contribution >= 4 is 17.7 Å². The van der Waals surface area contributed by atoms with E-state index in [1.807, 2.05) is 18.7 Å². The van der Waals surface area contributed by atoms with E-state index in [0.29, 0.717) is 6.04 Å². The van der Waals surface area contributed by atoms with E-state index >= 15 is 0 Å². The molecule has 0 aromatic carbocycles. The van der Waals surface area contributed by atoms with Crippen LogP contribution >= 0.6 is 11.8 Å². The molecule has 20 heavy (non-hydrogen) atoms. The third kappa shape index (κ3) is 2.48. The molecule has 0 radical (unpaired) electrons. The van der Waals surface area contributed by atoms with E-state index in [4.69, 9.17) is 4.74 Å². The summed E-state index contributed by atoms with van der Waals surface area (Å²) < 4.78 is 6.08. The molecule has 3 saturated heterocycles. The van der Waals surface area contributed by atoms with Crippen molar-refractivity contribution < 1.29 is 14.6 Å². The average molecular weight is 299 g/mol. The molecule has 3 aliphatic heterocycles. The first-order valence-corrected chi connectivity index (χ1v) is 8.94. The van der Waals surface area contributed by atoms with Gasteiger partial charge in [-0.25, -0.2) is 0 Å². The van der Waals surface area contributed by atoms with Crippen LogP contribution in [0.15, 0.2) is 0 Å². The molecule has 0 saturated carbocycles. The summed E-state index contributed by atoms with van der Waals surface area (Å²) in [5.74, 6) is 1.72. The van der Waals surface area contributed by atoms with Gasteiger partial charge in [0.1, 0.15) is 0 Å². The molecule has 1 spiro atoms. The Labute approximate surface area is 125 Å².